The Morgan fingerprint density at radius 2 is 1.00 bits per heavy atom. The summed E-state index contributed by atoms with van der Waals surface area (Å²) in [7, 11) is 0. The Kier molecular flexibility index (Phi) is 17.4. The Hall–Kier alpha value is -0.610. The van der Waals surface area contributed by atoms with Crippen LogP contribution in [0.3, 0.4) is 0 Å². The molecule has 0 bridgehead atoms. The maximum absolute atomic E-state index is 13.3. The van der Waals surface area contributed by atoms with Crippen LogP contribution in [0, 0.1) is 47.3 Å². The summed E-state index contributed by atoms with van der Waals surface area (Å²) in [5.41, 5.74) is 0. The molecule has 5 rings (SSSR count). The first-order valence-corrected chi connectivity index (χ1v) is 22.1. The van der Waals surface area contributed by atoms with Gasteiger partial charge in [0, 0.05) is 0 Å². The predicted octanol–water partition coefficient (Wildman–Crippen LogP) is 13.0. The third-order valence-electron chi connectivity index (χ3n) is 14.5. The number of unbranched alkanes of at least 4 members (excludes halogenated alkanes) is 4. The van der Waals surface area contributed by atoms with Gasteiger partial charge in [0.2, 0.25) is 0 Å². The molecule has 5 saturated carbocycles. The molecule has 0 amide bonds. The molecule has 5 fully saturated rings. The minimum absolute atomic E-state index is 0.0502. The normalized spacial score (nSPS) is 34.5. The largest absolute Gasteiger partial charge is 0.462 e. The number of hydrogen-bond donors (Lipinski definition) is 0. The van der Waals surface area contributed by atoms with Gasteiger partial charge in [-0.05, 0) is 137 Å². The lowest BCUT2D eigenvalue weighted by Gasteiger charge is -2.38. The van der Waals surface area contributed by atoms with Crippen molar-refractivity contribution in [3.8, 4) is 0 Å². The van der Waals surface area contributed by atoms with Crippen molar-refractivity contribution in [1.82, 2.24) is 0 Å². The molecule has 0 spiro atoms. The maximum atomic E-state index is 13.3. The summed E-state index contributed by atoms with van der Waals surface area (Å²) in [4.78, 5) is 25.5. The monoisotopic (exact) mass is 671 g/mol. The fourth-order valence-corrected chi connectivity index (χ4v) is 11.2. The highest BCUT2D eigenvalue weighted by Gasteiger charge is 2.35. The summed E-state index contributed by atoms with van der Waals surface area (Å²) in [5, 5.41) is 0. The van der Waals surface area contributed by atoms with Gasteiger partial charge in [-0.2, -0.15) is 0 Å². The Balaban J connectivity index is 0.965. The molecule has 4 heteroatoms. The predicted molar refractivity (Wildman–Crippen MR) is 198 cm³/mol. The van der Waals surface area contributed by atoms with Crippen molar-refractivity contribution < 1.29 is 19.3 Å². The van der Waals surface area contributed by atoms with Crippen molar-refractivity contribution in [2.75, 3.05) is 6.61 Å². The van der Waals surface area contributed by atoms with Crippen molar-refractivity contribution in [1.29, 1.82) is 0 Å². The highest BCUT2D eigenvalue weighted by Crippen LogP contribution is 2.44. The molecule has 0 heterocycles. The van der Waals surface area contributed by atoms with E-state index in [4.69, 9.17) is 14.5 Å². The number of carbonyl (C=O) groups is 1. The van der Waals surface area contributed by atoms with Gasteiger partial charge < -0.3 is 4.74 Å². The van der Waals surface area contributed by atoms with Crippen LogP contribution >= 0.6 is 0 Å². The summed E-state index contributed by atoms with van der Waals surface area (Å²) < 4.78 is 6.14. The van der Waals surface area contributed by atoms with Gasteiger partial charge >= 0.3 is 5.97 Å². The number of hydrogen-bond acceptors (Lipinski definition) is 4. The molecule has 278 valence electrons. The van der Waals surface area contributed by atoms with Crippen molar-refractivity contribution in [3.63, 3.8) is 0 Å². The fraction of sp³-hybridized carbons (Fsp3) is 0.977. The SMILES string of the molecule is CCCCCC1CCC(C2CCC(COOC(CC(=O)OC3CCC(C4CCC(CCCCC)CC4)CC3)C3CCCCC3)CC2)CC1. The van der Waals surface area contributed by atoms with E-state index in [0.717, 1.165) is 61.2 Å². The quantitative estimate of drug-likeness (QED) is 0.0630. The first-order chi connectivity index (χ1) is 23.6. The van der Waals surface area contributed by atoms with Crippen LogP contribution in [0.15, 0.2) is 0 Å². The van der Waals surface area contributed by atoms with Crippen LogP contribution in [0.2, 0.25) is 0 Å². The van der Waals surface area contributed by atoms with E-state index in [1.165, 1.54) is 161 Å². The minimum atomic E-state index is -0.148. The number of esters is 1. The molecule has 0 radical (unpaired) electrons. The van der Waals surface area contributed by atoms with Gasteiger partial charge in [-0.1, -0.05) is 110 Å². The van der Waals surface area contributed by atoms with E-state index in [0.29, 0.717) is 24.9 Å². The first-order valence-electron chi connectivity index (χ1n) is 22.1. The van der Waals surface area contributed by atoms with E-state index in [1.54, 1.807) is 0 Å². The Morgan fingerprint density at radius 3 is 1.48 bits per heavy atom. The molecule has 48 heavy (non-hydrogen) atoms. The molecule has 1 unspecified atom stereocenters. The van der Waals surface area contributed by atoms with Crippen LogP contribution in [-0.4, -0.2) is 24.8 Å². The fourth-order valence-electron chi connectivity index (χ4n) is 11.2. The molecule has 0 saturated heterocycles. The van der Waals surface area contributed by atoms with Crippen LogP contribution in [0.5, 0.6) is 0 Å². The molecule has 0 aromatic heterocycles. The standard InChI is InChI=1S/C44H78O4/c1-3-5-8-12-34-16-22-37(23-17-34)39-26-20-36(21-27-39)33-46-48-43(41-14-10-7-11-15-41)32-44(45)47-42-30-28-40(29-31-42)38-24-18-35(19-25-38)13-9-6-4-2/h34-43H,3-33H2,1-2H3. The van der Waals surface area contributed by atoms with Gasteiger partial charge in [-0.25, -0.2) is 9.78 Å². The van der Waals surface area contributed by atoms with Crippen molar-refractivity contribution in [2.45, 2.75) is 219 Å². The third kappa shape index (κ3) is 12.9. The van der Waals surface area contributed by atoms with E-state index in [9.17, 15) is 4.79 Å². The summed E-state index contributed by atoms with van der Waals surface area (Å²) in [5.74, 6) is 6.67. The molecule has 0 N–H and O–H groups in total. The molecule has 0 aromatic rings. The molecule has 1 atom stereocenters. The van der Waals surface area contributed by atoms with Gasteiger partial charge in [0.1, 0.15) is 12.2 Å². The van der Waals surface area contributed by atoms with E-state index in [1.807, 2.05) is 0 Å². The number of rotatable bonds is 18. The molecule has 4 nitrogen and oxygen atoms in total. The Morgan fingerprint density at radius 1 is 0.542 bits per heavy atom. The van der Waals surface area contributed by atoms with Gasteiger partial charge in [-0.15, -0.1) is 0 Å². The highest BCUT2D eigenvalue weighted by molar-refractivity contribution is 5.70. The van der Waals surface area contributed by atoms with Gasteiger partial charge in [0.25, 0.3) is 0 Å². The Labute approximate surface area is 297 Å². The van der Waals surface area contributed by atoms with Crippen LogP contribution in [0.25, 0.3) is 0 Å². The van der Waals surface area contributed by atoms with Gasteiger partial charge in [0.05, 0.1) is 13.0 Å². The lowest BCUT2D eigenvalue weighted by molar-refractivity contribution is -0.341. The van der Waals surface area contributed by atoms with E-state index >= 15 is 0 Å². The van der Waals surface area contributed by atoms with E-state index in [2.05, 4.69) is 13.8 Å². The molecule has 5 aliphatic rings. The Bertz CT molecular complexity index is 836. The molecule has 0 aromatic carbocycles. The average molecular weight is 671 g/mol. The van der Waals surface area contributed by atoms with E-state index < -0.39 is 0 Å². The summed E-state index contributed by atoms with van der Waals surface area (Å²) in [6.07, 6.45) is 39.4. The summed E-state index contributed by atoms with van der Waals surface area (Å²) in [6, 6.07) is 0. The van der Waals surface area contributed by atoms with Crippen molar-refractivity contribution in [2.24, 2.45) is 47.3 Å². The number of carbonyl (C=O) groups excluding carboxylic acids is 1. The molecule has 5 aliphatic carbocycles. The second-order valence-corrected chi connectivity index (χ2v) is 17.9. The second-order valence-electron chi connectivity index (χ2n) is 17.9. The number of ether oxygens (including phenoxy) is 1. The maximum Gasteiger partial charge on any atom is 0.308 e. The summed E-state index contributed by atoms with van der Waals surface area (Å²) >= 11 is 0. The first kappa shape index (κ1) is 38.6. The van der Waals surface area contributed by atoms with Crippen LogP contribution in [-0.2, 0) is 19.3 Å². The molecular weight excluding hydrogens is 592 g/mol. The second kappa shape index (κ2) is 21.7. The summed E-state index contributed by atoms with van der Waals surface area (Å²) in [6.45, 7) is 5.33. The zero-order valence-electron chi connectivity index (χ0n) is 31.8. The lowest BCUT2D eigenvalue weighted by Crippen LogP contribution is -2.33. The van der Waals surface area contributed by atoms with Crippen molar-refractivity contribution >= 4 is 5.97 Å². The van der Waals surface area contributed by atoms with Crippen LogP contribution in [0.4, 0.5) is 0 Å². The average Bonchev–Trinajstić information content (AvgIpc) is 3.13. The van der Waals surface area contributed by atoms with Crippen LogP contribution < -0.4 is 0 Å². The topological polar surface area (TPSA) is 44.8 Å². The van der Waals surface area contributed by atoms with E-state index in [-0.39, 0.29) is 18.2 Å². The smallest absolute Gasteiger partial charge is 0.308 e. The lowest BCUT2D eigenvalue weighted by atomic mass is 9.69. The zero-order valence-corrected chi connectivity index (χ0v) is 31.8. The third-order valence-corrected chi connectivity index (χ3v) is 14.5. The minimum Gasteiger partial charge on any atom is -0.462 e. The van der Waals surface area contributed by atoms with Crippen LogP contribution in [0.1, 0.15) is 206 Å². The molecular formula is C44H78O4. The highest BCUT2D eigenvalue weighted by atomic mass is 17.2. The molecule has 0 aliphatic heterocycles. The zero-order chi connectivity index (χ0) is 33.4. The van der Waals surface area contributed by atoms with Gasteiger partial charge in [-0.3, -0.25) is 4.79 Å². The van der Waals surface area contributed by atoms with Crippen molar-refractivity contribution in [3.05, 3.63) is 0 Å². The van der Waals surface area contributed by atoms with Gasteiger partial charge in [0.15, 0.2) is 0 Å².